The summed E-state index contributed by atoms with van der Waals surface area (Å²) in [6.45, 7) is 3.17. The van der Waals surface area contributed by atoms with Gasteiger partial charge in [-0.15, -0.1) is 0 Å². The molecule has 310 valence electrons. The SMILES string of the molecule is CCCCCC/C=C\C/C=C\CCCCCCCCCC(=O)OC(COC(=O)CCCCCCCC)COP(=O)(O)OC1C(O)C(O)C(O)C(O)C1O. The molecule has 14 heteroatoms. The van der Waals surface area contributed by atoms with Crippen LogP contribution in [0.5, 0.6) is 0 Å². The van der Waals surface area contributed by atoms with Gasteiger partial charge in [0, 0.05) is 12.8 Å². The molecule has 0 aromatic heterocycles. The van der Waals surface area contributed by atoms with Crippen molar-refractivity contribution in [3.63, 3.8) is 0 Å². The molecule has 0 amide bonds. The van der Waals surface area contributed by atoms with Gasteiger partial charge in [-0.25, -0.2) is 4.57 Å². The van der Waals surface area contributed by atoms with Crippen LogP contribution in [0.3, 0.4) is 0 Å². The lowest BCUT2D eigenvalue weighted by Gasteiger charge is -2.41. The molecule has 0 heterocycles. The van der Waals surface area contributed by atoms with Gasteiger partial charge in [0.15, 0.2) is 6.10 Å². The van der Waals surface area contributed by atoms with E-state index >= 15 is 0 Å². The first-order chi connectivity index (χ1) is 25.4. The predicted molar refractivity (Wildman–Crippen MR) is 203 cm³/mol. The van der Waals surface area contributed by atoms with Crippen molar-refractivity contribution in [3.05, 3.63) is 24.3 Å². The normalized spacial score (nSPS) is 23.7. The minimum absolute atomic E-state index is 0.0893. The summed E-state index contributed by atoms with van der Waals surface area (Å²) < 4.78 is 33.2. The van der Waals surface area contributed by atoms with E-state index < -0.39 is 75.7 Å². The Balaban J connectivity index is 2.45. The molecule has 6 N–H and O–H groups in total. The maximum Gasteiger partial charge on any atom is 0.472 e. The summed E-state index contributed by atoms with van der Waals surface area (Å²) in [5.74, 6) is -1.12. The second-order valence-electron chi connectivity index (χ2n) is 14.1. The fourth-order valence-corrected chi connectivity index (χ4v) is 6.94. The van der Waals surface area contributed by atoms with Crippen LogP contribution in [0.1, 0.15) is 155 Å². The summed E-state index contributed by atoms with van der Waals surface area (Å²) in [5.41, 5.74) is 0. The Labute approximate surface area is 317 Å². The van der Waals surface area contributed by atoms with Gasteiger partial charge in [0.2, 0.25) is 0 Å². The number of aliphatic hydroxyl groups excluding tert-OH is 5. The van der Waals surface area contributed by atoms with E-state index in [0.717, 1.165) is 83.5 Å². The molecule has 0 bridgehead atoms. The molecule has 0 radical (unpaired) electrons. The van der Waals surface area contributed by atoms with Crippen molar-refractivity contribution in [1.82, 2.24) is 0 Å². The van der Waals surface area contributed by atoms with Crippen LogP contribution in [0.15, 0.2) is 24.3 Å². The molecule has 1 rings (SSSR count). The number of aliphatic hydroxyl groups is 5. The maximum absolute atomic E-state index is 12.7. The average Bonchev–Trinajstić information content (AvgIpc) is 3.13. The van der Waals surface area contributed by atoms with Gasteiger partial charge in [0.1, 0.15) is 43.2 Å². The zero-order valence-corrected chi connectivity index (χ0v) is 33.2. The second kappa shape index (κ2) is 30.5. The van der Waals surface area contributed by atoms with Crippen LogP contribution in [-0.4, -0.2) is 98.3 Å². The summed E-state index contributed by atoms with van der Waals surface area (Å²) in [6, 6.07) is 0. The number of carbonyl (C=O) groups excluding carboxylic acids is 2. The van der Waals surface area contributed by atoms with Crippen molar-refractivity contribution in [3.8, 4) is 0 Å². The van der Waals surface area contributed by atoms with Gasteiger partial charge in [-0.3, -0.25) is 18.6 Å². The highest BCUT2D eigenvalue weighted by Crippen LogP contribution is 2.47. The number of phosphoric acid groups is 1. The van der Waals surface area contributed by atoms with Crippen LogP contribution in [0.2, 0.25) is 0 Å². The largest absolute Gasteiger partial charge is 0.472 e. The number of esters is 2. The standard InChI is InChI=1S/C39H71O13P/c1-3-5-7-9-11-12-13-14-15-16-17-18-19-20-21-22-24-26-28-33(41)51-31(29-49-32(40)27-25-23-10-8-6-4-2)30-50-53(47,48)52-39-37(45)35(43)34(42)36(44)38(39)46/h12-13,15-16,31,34-39,42-46H,3-11,14,17-30H2,1-2H3,(H,47,48)/b13-12-,16-15-. The van der Waals surface area contributed by atoms with Crippen LogP contribution in [0.25, 0.3) is 0 Å². The van der Waals surface area contributed by atoms with Crippen LogP contribution < -0.4 is 0 Å². The summed E-state index contributed by atoms with van der Waals surface area (Å²) >= 11 is 0. The van der Waals surface area contributed by atoms with E-state index in [-0.39, 0.29) is 12.8 Å². The first-order valence-electron chi connectivity index (χ1n) is 20.1. The first kappa shape index (κ1) is 49.3. The lowest BCUT2D eigenvalue weighted by Crippen LogP contribution is -2.64. The summed E-state index contributed by atoms with van der Waals surface area (Å²) in [5, 5.41) is 49.9. The Morgan fingerprint density at radius 1 is 0.585 bits per heavy atom. The van der Waals surface area contributed by atoms with Gasteiger partial charge in [0.05, 0.1) is 6.61 Å². The molecule has 6 unspecified atom stereocenters. The van der Waals surface area contributed by atoms with Gasteiger partial charge in [0.25, 0.3) is 0 Å². The Kier molecular flexibility index (Phi) is 28.4. The summed E-state index contributed by atoms with van der Waals surface area (Å²) in [7, 11) is -5.10. The fraction of sp³-hybridized carbons (Fsp3) is 0.846. The Bertz CT molecular complexity index is 1040. The van der Waals surface area contributed by atoms with E-state index in [9.17, 15) is 44.6 Å². The van der Waals surface area contributed by atoms with E-state index in [1.165, 1.54) is 32.1 Å². The molecule has 1 saturated carbocycles. The van der Waals surface area contributed by atoms with E-state index in [4.69, 9.17) is 18.5 Å². The lowest BCUT2D eigenvalue weighted by molar-refractivity contribution is -0.220. The molecule has 1 aliphatic rings. The number of hydrogen-bond donors (Lipinski definition) is 6. The quantitative estimate of drug-likeness (QED) is 0.0187. The van der Waals surface area contributed by atoms with Crippen molar-refractivity contribution < 1.29 is 63.1 Å². The lowest BCUT2D eigenvalue weighted by atomic mass is 9.85. The number of rotatable bonds is 32. The monoisotopic (exact) mass is 778 g/mol. The third kappa shape index (κ3) is 23.8. The van der Waals surface area contributed by atoms with Gasteiger partial charge in [-0.1, -0.05) is 122 Å². The minimum atomic E-state index is -5.10. The third-order valence-electron chi connectivity index (χ3n) is 9.30. The first-order valence-corrected chi connectivity index (χ1v) is 21.6. The van der Waals surface area contributed by atoms with E-state index in [2.05, 4.69) is 38.2 Å². The minimum Gasteiger partial charge on any atom is -0.462 e. The predicted octanol–water partition coefficient (Wildman–Crippen LogP) is 6.50. The molecule has 0 spiro atoms. The third-order valence-corrected chi connectivity index (χ3v) is 10.3. The number of carbonyl (C=O) groups is 2. The van der Waals surface area contributed by atoms with Crippen molar-refractivity contribution in [2.24, 2.45) is 0 Å². The molecule has 53 heavy (non-hydrogen) atoms. The topological polar surface area (TPSA) is 210 Å². The van der Waals surface area contributed by atoms with Gasteiger partial charge >= 0.3 is 19.8 Å². The molecule has 0 aliphatic heterocycles. The number of unbranched alkanes of at least 4 members (excludes halogenated alkanes) is 16. The Morgan fingerprint density at radius 2 is 1.02 bits per heavy atom. The van der Waals surface area contributed by atoms with Crippen molar-refractivity contribution in [1.29, 1.82) is 0 Å². The zero-order valence-electron chi connectivity index (χ0n) is 32.3. The Morgan fingerprint density at radius 3 is 1.55 bits per heavy atom. The molecule has 13 nitrogen and oxygen atoms in total. The number of allylic oxidation sites excluding steroid dienone is 4. The molecule has 0 saturated heterocycles. The highest BCUT2D eigenvalue weighted by molar-refractivity contribution is 7.47. The van der Waals surface area contributed by atoms with Crippen LogP contribution in [0, 0.1) is 0 Å². The van der Waals surface area contributed by atoms with Crippen molar-refractivity contribution in [2.45, 2.75) is 198 Å². The maximum atomic E-state index is 12.7. The van der Waals surface area contributed by atoms with E-state index in [1.54, 1.807) is 0 Å². The molecule has 1 fully saturated rings. The zero-order chi connectivity index (χ0) is 39.3. The molecule has 0 aromatic carbocycles. The number of ether oxygens (including phenoxy) is 2. The van der Waals surface area contributed by atoms with Crippen molar-refractivity contribution >= 4 is 19.8 Å². The van der Waals surface area contributed by atoms with Gasteiger partial charge in [-0.05, 0) is 44.9 Å². The molecule has 1 aliphatic carbocycles. The van der Waals surface area contributed by atoms with E-state index in [1.807, 2.05) is 0 Å². The van der Waals surface area contributed by atoms with E-state index in [0.29, 0.717) is 12.8 Å². The van der Waals surface area contributed by atoms with Crippen LogP contribution in [-0.2, 0) is 32.7 Å². The second-order valence-corrected chi connectivity index (χ2v) is 15.5. The average molecular weight is 779 g/mol. The number of phosphoric ester groups is 1. The Hall–Kier alpha value is -1.67. The highest BCUT2D eigenvalue weighted by atomic mass is 31.2. The smallest absolute Gasteiger partial charge is 0.462 e. The molecule has 6 atom stereocenters. The van der Waals surface area contributed by atoms with Gasteiger partial charge < -0.3 is 39.9 Å². The summed E-state index contributed by atoms with van der Waals surface area (Å²) in [4.78, 5) is 35.3. The molecular formula is C39H71O13P. The molecular weight excluding hydrogens is 707 g/mol. The van der Waals surface area contributed by atoms with Crippen LogP contribution >= 0.6 is 7.82 Å². The molecule has 0 aromatic rings. The number of hydrogen-bond acceptors (Lipinski definition) is 12. The van der Waals surface area contributed by atoms with Gasteiger partial charge in [-0.2, -0.15) is 0 Å². The fourth-order valence-electron chi connectivity index (χ4n) is 5.96. The highest BCUT2D eigenvalue weighted by Gasteiger charge is 2.51. The summed E-state index contributed by atoms with van der Waals surface area (Å²) in [6.07, 6.45) is 17.2. The van der Waals surface area contributed by atoms with Crippen molar-refractivity contribution in [2.75, 3.05) is 13.2 Å². The van der Waals surface area contributed by atoms with Crippen LogP contribution in [0.4, 0.5) is 0 Å².